The molecule has 0 spiro atoms. The number of rotatable bonds is 4. The molecule has 3 nitrogen and oxygen atoms in total. The highest BCUT2D eigenvalue weighted by Gasteiger charge is 2.04. The monoisotopic (exact) mass is 180 g/mol. The third-order valence-electron chi connectivity index (χ3n) is 2.02. The zero-order valence-electron chi connectivity index (χ0n) is 8.37. The molecular weight excluding hydrogens is 164 g/mol. The number of ether oxygens (including phenoxy) is 1. The first-order chi connectivity index (χ1) is 6.27. The van der Waals surface area contributed by atoms with Gasteiger partial charge < -0.3 is 10.1 Å². The van der Waals surface area contributed by atoms with Crippen molar-refractivity contribution in [1.29, 1.82) is 0 Å². The third-order valence-corrected chi connectivity index (χ3v) is 2.02. The van der Waals surface area contributed by atoms with E-state index in [1.165, 1.54) is 0 Å². The molecule has 1 heterocycles. The van der Waals surface area contributed by atoms with Crippen LogP contribution in [-0.4, -0.2) is 18.1 Å². The topological polar surface area (TPSA) is 34.2 Å². The first kappa shape index (κ1) is 9.84. The van der Waals surface area contributed by atoms with Crippen molar-refractivity contribution in [3.63, 3.8) is 0 Å². The van der Waals surface area contributed by atoms with Crippen LogP contribution in [0.3, 0.4) is 0 Å². The maximum absolute atomic E-state index is 5.19. The highest BCUT2D eigenvalue weighted by atomic mass is 16.5. The smallest absolute Gasteiger partial charge is 0.145 e. The Morgan fingerprint density at radius 3 is 3.00 bits per heavy atom. The summed E-state index contributed by atoms with van der Waals surface area (Å²) in [7, 11) is 1.66. The molecule has 0 radical (unpaired) electrons. The number of aromatic nitrogens is 1. The lowest BCUT2D eigenvalue weighted by atomic mass is 10.2. The average Bonchev–Trinajstić information content (AvgIpc) is 2.18. The van der Waals surface area contributed by atoms with Gasteiger partial charge in [-0.3, -0.25) is 4.98 Å². The summed E-state index contributed by atoms with van der Waals surface area (Å²) in [5, 5.41) is 3.32. The van der Waals surface area contributed by atoms with E-state index in [0.717, 1.165) is 17.9 Å². The molecule has 0 saturated heterocycles. The summed E-state index contributed by atoms with van der Waals surface area (Å²) in [6.45, 7) is 4.27. The number of anilines is 1. The minimum Gasteiger partial charge on any atom is -0.494 e. The summed E-state index contributed by atoms with van der Waals surface area (Å²) in [5.74, 6) is 0.843. The van der Waals surface area contributed by atoms with Crippen LogP contribution in [0.4, 0.5) is 5.69 Å². The van der Waals surface area contributed by atoms with Crippen LogP contribution in [0.2, 0.25) is 0 Å². The van der Waals surface area contributed by atoms with Gasteiger partial charge in [-0.25, -0.2) is 0 Å². The van der Waals surface area contributed by atoms with Crippen LogP contribution < -0.4 is 10.1 Å². The lowest BCUT2D eigenvalue weighted by molar-refractivity contribution is 0.415. The molecule has 1 aromatic rings. The van der Waals surface area contributed by atoms with E-state index in [0.29, 0.717) is 6.04 Å². The van der Waals surface area contributed by atoms with Crippen LogP contribution in [0.25, 0.3) is 0 Å². The number of nitrogens with zero attached hydrogens (tertiary/aromatic N) is 1. The van der Waals surface area contributed by atoms with Gasteiger partial charge in [0, 0.05) is 18.3 Å². The van der Waals surface area contributed by atoms with E-state index in [1.54, 1.807) is 19.5 Å². The molecule has 0 amide bonds. The van der Waals surface area contributed by atoms with E-state index >= 15 is 0 Å². The largest absolute Gasteiger partial charge is 0.494 e. The van der Waals surface area contributed by atoms with Crippen LogP contribution in [0.15, 0.2) is 18.5 Å². The summed E-state index contributed by atoms with van der Waals surface area (Å²) < 4.78 is 5.19. The first-order valence-electron chi connectivity index (χ1n) is 4.52. The second kappa shape index (κ2) is 4.70. The lowest BCUT2D eigenvalue weighted by Gasteiger charge is -2.14. The Labute approximate surface area is 79.1 Å². The summed E-state index contributed by atoms with van der Waals surface area (Å²) >= 11 is 0. The van der Waals surface area contributed by atoms with Crippen molar-refractivity contribution >= 4 is 5.69 Å². The molecule has 1 rings (SSSR count). The van der Waals surface area contributed by atoms with E-state index in [-0.39, 0.29) is 0 Å². The van der Waals surface area contributed by atoms with Gasteiger partial charge >= 0.3 is 0 Å². The molecule has 0 aromatic carbocycles. The predicted molar refractivity (Wildman–Crippen MR) is 54.2 cm³/mol. The summed E-state index contributed by atoms with van der Waals surface area (Å²) in [6.07, 6.45) is 4.59. The molecular formula is C10H16N2O. The van der Waals surface area contributed by atoms with Crippen molar-refractivity contribution in [3.8, 4) is 5.75 Å². The van der Waals surface area contributed by atoms with Crippen molar-refractivity contribution in [2.24, 2.45) is 0 Å². The first-order valence-corrected chi connectivity index (χ1v) is 4.52. The Balaban J connectivity index is 2.74. The second-order valence-electron chi connectivity index (χ2n) is 3.03. The van der Waals surface area contributed by atoms with E-state index in [1.807, 2.05) is 6.07 Å². The zero-order chi connectivity index (χ0) is 9.68. The fourth-order valence-electron chi connectivity index (χ4n) is 1.04. The van der Waals surface area contributed by atoms with Crippen LogP contribution in [0.5, 0.6) is 5.75 Å². The Kier molecular flexibility index (Phi) is 3.55. The van der Waals surface area contributed by atoms with E-state index in [4.69, 9.17) is 4.74 Å². The van der Waals surface area contributed by atoms with Crippen molar-refractivity contribution in [2.45, 2.75) is 26.3 Å². The molecule has 0 saturated carbocycles. The highest BCUT2D eigenvalue weighted by Crippen LogP contribution is 2.22. The second-order valence-corrected chi connectivity index (χ2v) is 3.03. The number of methoxy groups -OCH3 is 1. The van der Waals surface area contributed by atoms with E-state index in [9.17, 15) is 0 Å². The summed E-state index contributed by atoms with van der Waals surface area (Å²) in [6, 6.07) is 2.29. The molecule has 0 fully saturated rings. The normalized spacial score (nSPS) is 12.2. The van der Waals surface area contributed by atoms with Gasteiger partial charge in [-0.1, -0.05) is 6.92 Å². The van der Waals surface area contributed by atoms with Gasteiger partial charge in [0.2, 0.25) is 0 Å². The third kappa shape index (κ3) is 2.61. The van der Waals surface area contributed by atoms with Gasteiger partial charge in [-0.15, -0.1) is 0 Å². The van der Waals surface area contributed by atoms with Gasteiger partial charge in [0.1, 0.15) is 5.75 Å². The predicted octanol–water partition coefficient (Wildman–Crippen LogP) is 2.30. The van der Waals surface area contributed by atoms with Crippen molar-refractivity contribution < 1.29 is 4.74 Å². The fraction of sp³-hybridized carbons (Fsp3) is 0.500. The summed E-state index contributed by atoms with van der Waals surface area (Å²) in [5.41, 5.74) is 0.958. The van der Waals surface area contributed by atoms with Gasteiger partial charge in [0.15, 0.2) is 0 Å². The molecule has 3 heteroatoms. The number of hydrogen-bond donors (Lipinski definition) is 1. The Morgan fingerprint density at radius 2 is 2.38 bits per heavy atom. The standard InChI is InChI=1S/C10H16N2O/c1-4-8(2)12-9-7-11-6-5-10(9)13-3/h5-8,12H,4H2,1-3H3. The molecule has 72 valence electrons. The lowest BCUT2D eigenvalue weighted by Crippen LogP contribution is -2.14. The molecule has 1 aromatic heterocycles. The molecule has 0 aliphatic rings. The Hall–Kier alpha value is -1.25. The number of nitrogens with one attached hydrogen (secondary N) is 1. The molecule has 1 N–H and O–H groups in total. The minimum atomic E-state index is 0.443. The van der Waals surface area contributed by atoms with Gasteiger partial charge in [0.05, 0.1) is 19.0 Å². The van der Waals surface area contributed by atoms with Crippen molar-refractivity contribution in [3.05, 3.63) is 18.5 Å². The van der Waals surface area contributed by atoms with Gasteiger partial charge in [-0.05, 0) is 13.3 Å². The van der Waals surface area contributed by atoms with Gasteiger partial charge in [-0.2, -0.15) is 0 Å². The van der Waals surface area contributed by atoms with Crippen LogP contribution in [-0.2, 0) is 0 Å². The quantitative estimate of drug-likeness (QED) is 0.772. The Morgan fingerprint density at radius 1 is 1.62 bits per heavy atom. The SMILES string of the molecule is CCC(C)Nc1cnccc1OC. The fourth-order valence-corrected chi connectivity index (χ4v) is 1.04. The average molecular weight is 180 g/mol. The molecule has 0 aliphatic heterocycles. The molecule has 0 bridgehead atoms. The number of hydrogen-bond acceptors (Lipinski definition) is 3. The summed E-state index contributed by atoms with van der Waals surface area (Å²) in [4.78, 5) is 4.04. The maximum Gasteiger partial charge on any atom is 0.145 e. The van der Waals surface area contributed by atoms with Crippen LogP contribution in [0.1, 0.15) is 20.3 Å². The van der Waals surface area contributed by atoms with Crippen molar-refractivity contribution in [2.75, 3.05) is 12.4 Å². The Bertz CT molecular complexity index is 263. The highest BCUT2D eigenvalue weighted by molar-refractivity contribution is 5.54. The van der Waals surface area contributed by atoms with Crippen molar-refractivity contribution in [1.82, 2.24) is 4.98 Å². The molecule has 13 heavy (non-hydrogen) atoms. The minimum absolute atomic E-state index is 0.443. The molecule has 0 aliphatic carbocycles. The molecule has 1 atom stereocenters. The number of pyridine rings is 1. The van der Waals surface area contributed by atoms with E-state index < -0.39 is 0 Å². The maximum atomic E-state index is 5.19. The molecule has 1 unspecified atom stereocenters. The van der Waals surface area contributed by atoms with Crippen LogP contribution in [0, 0.1) is 0 Å². The van der Waals surface area contributed by atoms with Crippen LogP contribution >= 0.6 is 0 Å². The zero-order valence-corrected chi connectivity index (χ0v) is 8.37. The van der Waals surface area contributed by atoms with E-state index in [2.05, 4.69) is 24.1 Å². The van der Waals surface area contributed by atoms with Gasteiger partial charge in [0.25, 0.3) is 0 Å².